The highest BCUT2D eigenvalue weighted by molar-refractivity contribution is 5.94. The van der Waals surface area contributed by atoms with Crippen LogP contribution in [-0.4, -0.2) is 63.0 Å². The van der Waals surface area contributed by atoms with Crippen LogP contribution in [0.15, 0.2) is 36.7 Å². The van der Waals surface area contributed by atoms with Crippen LogP contribution in [0.4, 0.5) is 19.0 Å². The van der Waals surface area contributed by atoms with Gasteiger partial charge in [-0.3, -0.25) is 9.59 Å². The van der Waals surface area contributed by atoms with Crippen LogP contribution in [0.2, 0.25) is 0 Å². The van der Waals surface area contributed by atoms with E-state index in [0.717, 1.165) is 0 Å². The molecule has 2 aromatic heterocycles. The van der Waals surface area contributed by atoms with Crippen molar-refractivity contribution < 1.29 is 22.8 Å². The Labute approximate surface area is 170 Å². The number of halogens is 3. The Bertz CT molecular complexity index is 959. The number of carbonyl (C=O) groups excluding carboxylic acids is 2. The third-order valence-electron chi connectivity index (χ3n) is 4.39. The molecule has 3 rings (SSSR count). The zero-order chi connectivity index (χ0) is 21.9. The van der Waals surface area contributed by atoms with Crippen molar-refractivity contribution >= 4 is 17.6 Å². The fourth-order valence-electron chi connectivity index (χ4n) is 2.81. The van der Waals surface area contributed by atoms with Gasteiger partial charge in [-0.2, -0.15) is 13.2 Å². The van der Waals surface area contributed by atoms with Gasteiger partial charge in [-0.1, -0.05) is 12.2 Å². The maximum absolute atomic E-state index is 12.4. The fraction of sp³-hybridized carbons (Fsp3) is 0.368. The van der Waals surface area contributed by atoms with Crippen LogP contribution in [0.5, 0.6) is 0 Å². The number of nitrogens with zero attached hydrogens (tertiary/aromatic N) is 3. The number of hydrogen-bond acceptors (Lipinski definition) is 5. The molecule has 0 spiro atoms. The lowest BCUT2D eigenvalue weighted by molar-refractivity contribution is -0.140. The molecule has 160 valence electrons. The molecular weight excluding hydrogens is 401 g/mol. The van der Waals surface area contributed by atoms with E-state index in [-0.39, 0.29) is 11.7 Å². The van der Waals surface area contributed by atoms with Crippen LogP contribution in [0.3, 0.4) is 0 Å². The molecule has 2 amide bonds. The average Bonchev–Trinajstić information content (AvgIpc) is 3.36. The van der Waals surface area contributed by atoms with Crippen LogP contribution in [0.1, 0.15) is 24.3 Å². The molecule has 0 saturated heterocycles. The fourth-order valence-corrected chi connectivity index (χ4v) is 2.81. The van der Waals surface area contributed by atoms with Gasteiger partial charge in [0.05, 0.1) is 0 Å². The summed E-state index contributed by atoms with van der Waals surface area (Å²) in [6.45, 7) is 2.57. The highest BCUT2D eigenvalue weighted by atomic mass is 19.4. The molecule has 0 aliphatic carbocycles. The van der Waals surface area contributed by atoms with Gasteiger partial charge in [0.2, 0.25) is 5.91 Å². The molecule has 1 aliphatic heterocycles. The number of aromatic nitrogens is 3. The van der Waals surface area contributed by atoms with Crippen molar-refractivity contribution in [1.82, 2.24) is 25.2 Å². The normalized spacial score (nSPS) is 14.1. The zero-order valence-electron chi connectivity index (χ0n) is 16.4. The number of nitrogens with one attached hydrogen (secondary N) is 3. The summed E-state index contributed by atoms with van der Waals surface area (Å²) in [4.78, 5) is 37.6. The Morgan fingerprint density at radius 3 is 2.60 bits per heavy atom. The summed E-state index contributed by atoms with van der Waals surface area (Å²) >= 11 is 0. The van der Waals surface area contributed by atoms with E-state index in [2.05, 4.69) is 20.3 Å². The topological polar surface area (TPSA) is 103 Å². The van der Waals surface area contributed by atoms with E-state index in [4.69, 9.17) is 0 Å². The second-order valence-corrected chi connectivity index (χ2v) is 7.30. The van der Waals surface area contributed by atoms with E-state index in [1.807, 2.05) is 17.5 Å². The van der Waals surface area contributed by atoms with Crippen molar-refractivity contribution in [2.45, 2.75) is 25.6 Å². The first kappa shape index (κ1) is 21.3. The lowest BCUT2D eigenvalue weighted by atomic mass is 10.0. The van der Waals surface area contributed by atoms with Crippen LogP contribution in [0.25, 0.3) is 11.4 Å². The van der Waals surface area contributed by atoms with E-state index in [9.17, 15) is 22.8 Å². The van der Waals surface area contributed by atoms with Crippen LogP contribution in [0, 0.1) is 0 Å². The molecule has 0 aromatic carbocycles. The van der Waals surface area contributed by atoms with Crippen LogP contribution < -0.4 is 10.6 Å². The number of carbonyl (C=O) groups is 2. The summed E-state index contributed by atoms with van der Waals surface area (Å²) in [5, 5.41) is 4.66. The average molecular weight is 422 g/mol. The molecule has 0 bridgehead atoms. The van der Waals surface area contributed by atoms with Crippen LogP contribution >= 0.6 is 0 Å². The molecule has 0 radical (unpaired) electrons. The van der Waals surface area contributed by atoms with E-state index < -0.39 is 24.2 Å². The predicted octanol–water partition coefficient (Wildman–Crippen LogP) is 2.35. The largest absolute Gasteiger partial charge is 0.405 e. The quantitative estimate of drug-likeness (QED) is 0.620. The molecule has 0 atom stereocenters. The molecule has 11 heteroatoms. The van der Waals surface area contributed by atoms with E-state index in [1.165, 1.54) is 26.1 Å². The lowest BCUT2D eigenvalue weighted by Gasteiger charge is -2.26. The molecule has 0 saturated carbocycles. The van der Waals surface area contributed by atoms with Gasteiger partial charge >= 0.3 is 6.18 Å². The number of anilines is 1. The first-order valence-corrected chi connectivity index (χ1v) is 9.14. The minimum absolute atomic E-state index is 0.150. The van der Waals surface area contributed by atoms with Crippen molar-refractivity contribution in [3.63, 3.8) is 0 Å². The van der Waals surface area contributed by atoms with Gasteiger partial charge in [0.15, 0.2) is 5.82 Å². The van der Waals surface area contributed by atoms with Crippen molar-refractivity contribution in [3.05, 3.63) is 42.4 Å². The van der Waals surface area contributed by atoms with Gasteiger partial charge in [0.1, 0.15) is 23.6 Å². The van der Waals surface area contributed by atoms with Gasteiger partial charge in [0.25, 0.3) is 5.91 Å². The highest BCUT2D eigenvalue weighted by Crippen LogP contribution is 2.21. The maximum Gasteiger partial charge on any atom is 0.405 e. The molecule has 1 aliphatic rings. The Morgan fingerprint density at radius 1 is 1.23 bits per heavy atom. The van der Waals surface area contributed by atoms with Crippen LogP contribution in [-0.2, 0) is 4.79 Å². The van der Waals surface area contributed by atoms with Gasteiger partial charge in [0, 0.05) is 31.0 Å². The number of H-pyrrole nitrogens is 1. The maximum atomic E-state index is 12.4. The number of hydrogen-bond donors (Lipinski definition) is 3. The summed E-state index contributed by atoms with van der Waals surface area (Å²) in [5.41, 5.74) is -0.394. The zero-order valence-corrected chi connectivity index (χ0v) is 16.4. The molecular formula is C19H21F3N6O2. The number of rotatable bonds is 6. The Kier molecular flexibility index (Phi) is 5.81. The van der Waals surface area contributed by atoms with E-state index in [1.54, 1.807) is 17.2 Å². The van der Waals surface area contributed by atoms with Gasteiger partial charge in [-0.15, -0.1) is 0 Å². The number of alkyl halides is 3. The second-order valence-electron chi connectivity index (χ2n) is 7.30. The first-order chi connectivity index (χ1) is 14.0. The second kappa shape index (κ2) is 8.17. The molecule has 2 aromatic rings. The standard InChI is InChI=1S/C19H21F3N6O2/c1-18(2,17(30)25-11-19(20,21)22)27-14-5-6-23-15(26-14)12-9-13(24-10-12)16(29)28-7-3-4-8-28/h3-6,9-10,24H,7-8,11H2,1-2H3,(H,25,30)(H,23,26,27). The number of aromatic amines is 1. The van der Waals surface area contributed by atoms with Crippen molar-refractivity contribution in [2.24, 2.45) is 0 Å². The van der Waals surface area contributed by atoms with Crippen molar-refractivity contribution in [3.8, 4) is 11.4 Å². The van der Waals surface area contributed by atoms with E-state index >= 15 is 0 Å². The molecule has 8 nitrogen and oxygen atoms in total. The van der Waals surface area contributed by atoms with Crippen molar-refractivity contribution in [1.29, 1.82) is 0 Å². The third-order valence-corrected chi connectivity index (χ3v) is 4.39. The van der Waals surface area contributed by atoms with Crippen molar-refractivity contribution in [2.75, 3.05) is 25.0 Å². The third kappa shape index (κ3) is 5.16. The summed E-state index contributed by atoms with van der Waals surface area (Å²) < 4.78 is 37.0. The molecule has 3 N–H and O–H groups in total. The lowest BCUT2D eigenvalue weighted by Crippen LogP contribution is -2.50. The number of amides is 2. The van der Waals surface area contributed by atoms with Gasteiger partial charge in [-0.25, -0.2) is 9.97 Å². The smallest absolute Gasteiger partial charge is 0.356 e. The summed E-state index contributed by atoms with van der Waals surface area (Å²) in [5.74, 6) is -0.428. The minimum atomic E-state index is -4.50. The summed E-state index contributed by atoms with van der Waals surface area (Å²) in [6.07, 6.45) is 2.37. The molecule has 0 fully saturated rings. The minimum Gasteiger partial charge on any atom is -0.356 e. The highest BCUT2D eigenvalue weighted by Gasteiger charge is 2.33. The first-order valence-electron chi connectivity index (χ1n) is 9.14. The summed E-state index contributed by atoms with van der Waals surface area (Å²) in [7, 11) is 0. The predicted molar refractivity (Wildman–Crippen MR) is 104 cm³/mol. The van der Waals surface area contributed by atoms with Gasteiger partial charge in [-0.05, 0) is 26.0 Å². The van der Waals surface area contributed by atoms with Gasteiger partial charge < -0.3 is 20.5 Å². The Balaban J connectivity index is 1.70. The molecule has 30 heavy (non-hydrogen) atoms. The molecule has 3 heterocycles. The summed E-state index contributed by atoms with van der Waals surface area (Å²) in [6, 6.07) is 3.12. The SMILES string of the molecule is CC(C)(Nc1ccnc(-c2c[nH]c(C(=O)N3CC=CC3)c2)n1)C(=O)NCC(F)(F)F. The molecule has 0 unspecified atom stereocenters. The Morgan fingerprint density at radius 2 is 1.93 bits per heavy atom. The Hall–Kier alpha value is -3.37. The monoisotopic (exact) mass is 422 g/mol. The van der Waals surface area contributed by atoms with E-state index in [0.29, 0.717) is 30.2 Å².